The van der Waals surface area contributed by atoms with Crippen LogP contribution in [0.4, 0.5) is 4.39 Å². The van der Waals surface area contributed by atoms with Crippen molar-refractivity contribution in [3.8, 4) is 5.75 Å². The quantitative estimate of drug-likeness (QED) is 0.894. The van der Waals surface area contributed by atoms with Crippen molar-refractivity contribution in [1.29, 1.82) is 0 Å². The van der Waals surface area contributed by atoms with Gasteiger partial charge in [-0.3, -0.25) is 9.78 Å². The van der Waals surface area contributed by atoms with E-state index in [1.54, 1.807) is 6.20 Å². The first-order valence-corrected chi connectivity index (χ1v) is 8.94. The number of nitrogens with zero attached hydrogens (tertiary/aromatic N) is 2. The first-order chi connectivity index (χ1) is 12.7. The molecular weight excluding hydrogens is 333 g/mol. The summed E-state index contributed by atoms with van der Waals surface area (Å²) in [5.41, 5.74) is 1.06. The SMILES string of the molecule is COc1ccc(F)cc1C(=O)N(Cc1ccccn1)C1CCCNCC1. The highest BCUT2D eigenvalue weighted by atomic mass is 19.1. The van der Waals surface area contributed by atoms with Gasteiger partial charge in [-0.25, -0.2) is 4.39 Å². The Hall–Kier alpha value is -2.47. The third-order valence-corrected chi connectivity index (χ3v) is 4.70. The Morgan fingerprint density at radius 1 is 1.31 bits per heavy atom. The van der Waals surface area contributed by atoms with Gasteiger partial charge in [0.1, 0.15) is 11.6 Å². The fraction of sp³-hybridized carbons (Fsp3) is 0.400. The van der Waals surface area contributed by atoms with Gasteiger partial charge in [0, 0.05) is 12.2 Å². The number of rotatable bonds is 5. The monoisotopic (exact) mass is 357 g/mol. The summed E-state index contributed by atoms with van der Waals surface area (Å²) in [5.74, 6) is -0.289. The Labute approximate surface area is 153 Å². The Morgan fingerprint density at radius 3 is 2.96 bits per heavy atom. The number of halogens is 1. The summed E-state index contributed by atoms with van der Waals surface area (Å²) in [6, 6.07) is 9.78. The lowest BCUT2D eigenvalue weighted by Gasteiger charge is -2.31. The molecule has 138 valence electrons. The topological polar surface area (TPSA) is 54.5 Å². The highest BCUT2D eigenvalue weighted by molar-refractivity contribution is 5.97. The van der Waals surface area contributed by atoms with Crippen LogP contribution in [-0.4, -0.2) is 42.0 Å². The first kappa shape index (κ1) is 18.3. The van der Waals surface area contributed by atoms with Crippen molar-refractivity contribution < 1.29 is 13.9 Å². The van der Waals surface area contributed by atoms with Gasteiger partial charge in [0.05, 0.1) is 24.9 Å². The summed E-state index contributed by atoms with van der Waals surface area (Å²) in [6.07, 6.45) is 4.48. The third kappa shape index (κ3) is 4.38. The highest BCUT2D eigenvalue weighted by Gasteiger charge is 2.28. The molecule has 2 heterocycles. The van der Waals surface area contributed by atoms with Gasteiger partial charge in [0.15, 0.2) is 0 Å². The molecular formula is C20H24FN3O2. The van der Waals surface area contributed by atoms with Crippen LogP contribution in [0.5, 0.6) is 5.75 Å². The van der Waals surface area contributed by atoms with Crippen molar-refractivity contribution in [2.24, 2.45) is 0 Å². The zero-order valence-corrected chi connectivity index (χ0v) is 15.0. The molecule has 1 N–H and O–H groups in total. The number of pyridine rings is 1. The lowest BCUT2D eigenvalue weighted by molar-refractivity contribution is 0.0638. The maximum Gasteiger partial charge on any atom is 0.258 e. The van der Waals surface area contributed by atoms with Gasteiger partial charge in [-0.1, -0.05) is 6.07 Å². The zero-order valence-electron chi connectivity index (χ0n) is 15.0. The van der Waals surface area contributed by atoms with E-state index < -0.39 is 5.82 Å². The lowest BCUT2D eigenvalue weighted by Crippen LogP contribution is -2.40. The van der Waals surface area contributed by atoms with E-state index in [9.17, 15) is 9.18 Å². The number of carbonyl (C=O) groups excluding carboxylic acids is 1. The molecule has 1 unspecified atom stereocenters. The number of carbonyl (C=O) groups is 1. The van der Waals surface area contributed by atoms with Gasteiger partial charge in [-0.2, -0.15) is 0 Å². The van der Waals surface area contributed by atoms with Crippen molar-refractivity contribution in [1.82, 2.24) is 15.2 Å². The fourth-order valence-electron chi connectivity index (χ4n) is 3.35. The summed E-state index contributed by atoms with van der Waals surface area (Å²) in [6.45, 7) is 2.20. The molecule has 0 bridgehead atoms. The number of hydrogen-bond donors (Lipinski definition) is 1. The Balaban J connectivity index is 1.93. The van der Waals surface area contributed by atoms with E-state index in [-0.39, 0.29) is 17.5 Å². The van der Waals surface area contributed by atoms with Crippen LogP contribution in [0, 0.1) is 5.82 Å². The van der Waals surface area contributed by atoms with Crippen LogP contribution >= 0.6 is 0 Å². The highest BCUT2D eigenvalue weighted by Crippen LogP contribution is 2.25. The zero-order chi connectivity index (χ0) is 18.4. The standard InChI is InChI=1S/C20H24FN3O2/c1-26-19-8-7-15(21)13-18(19)20(25)24(14-16-5-2-3-11-23-16)17-6-4-10-22-12-9-17/h2-3,5,7-8,11,13,17,22H,4,6,9-10,12,14H2,1H3. The van der Waals surface area contributed by atoms with E-state index in [0.717, 1.165) is 38.0 Å². The molecule has 1 saturated heterocycles. The second-order valence-electron chi connectivity index (χ2n) is 6.43. The van der Waals surface area contributed by atoms with Gasteiger partial charge in [-0.05, 0) is 62.7 Å². The number of ether oxygens (including phenoxy) is 1. The Morgan fingerprint density at radius 2 is 2.19 bits per heavy atom. The van der Waals surface area contributed by atoms with Crippen LogP contribution in [0.2, 0.25) is 0 Å². The van der Waals surface area contributed by atoms with Crippen molar-refractivity contribution in [3.63, 3.8) is 0 Å². The molecule has 6 heteroatoms. The molecule has 0 aliphatic carbocycles. The second kappa shape index (κ2) is 8.76. The Kier molecular flexibility index (Phi) is 6.17. The smallest absolute Gasteiger partial charge is 0.258 e. The number of methoxy groups -OCH3 is 1. The first-order valence-electron chi connectivity index (χ1n) is 8.94. The summed E-state index contributed by atoms with van der Waals surface area (Å²) in [7, 11) is 1.49. The summed E-state index contributed by atoms with van der Waals surface area (Å²) < 4.78 is 19.1. The van der Waals surface area contributed by atoms with Crippen LogP contribution in [0.15, 0.2) is 42.6 Å². The molecule has 26 heavy (non-hydrogen) atoms. The van der Waals surface area contributed by atoms with E-state index in [2.05, 4.69) is 10.3 Å². The van der Waals surface area contributed by atoms with E-state index in [1.165, 1.54) is 25.3 Å². The summed E-state index contributed by atoms with van der Waals surface area (Å²) in [4.78, 5) is 19.5. The van der Waals surface area contributed by atoms with Gasteiger partial charge >= 0.3 is 0 Å². The summed E-state index contributed by atoms with van der Waals surface area (Å²) >= 11 is 0. The lowest BCUT2D eigenvalue weighted by atomic mass is 10.0. The van der Waals surface area contributed by atoms with Crippen molar-refractivity contribution in [3.05, 3.63) is 59.7 Å². The van der Waals surface area contributed by atoms with Crippen LogP contribution in [-0.2, 0) is 6.54 Å². The molecule has 1 aromatic carbocycles. The average molecular weight is 357 g/mol. The number of amides is 1. The predicted octanol–water partition coefficient (Wildman–Crippen LogP) is 3.01. The minimum absolute atomic E-state index is 0.0764. The van der Waals surface area contributed by atoms with Crippen LogP contribution in [0.25, 0.3) is 0 Å². The normalized spacial score (nSPS) is 17.4. The Bertz CT molecular complexity index is 731. The van der Waals surface area contributed by atoms with Crippen molar-refractivity contribution in [2.75, 3.05) is 20.2 Å². The van der Waals surface area contributed by atoms with Crippen LogP contribution < -0.4 is 10.1 Å². The largest absolute Gasteiger partial charge is 0.496 e. The van der Waals surface area contributed by atoms with Gasteiger partial charge in [0.2, 0.25) is 0 Å². The molecule has 0 saturated carbocycles. The van der Waals surface area contributed by atoms with E-state index in [4.69, 9.17) is 4.74 Å². The van der Waals surface area contributed by atoms with Gasteiger partial charge in [0.25, 0.3) is 5.91 Å². The summed E-state index contributed by atoms with van der Waals surface area (Å²) in [5, 5.41) is 3.37. The van der Waals surface area contributed by atoms with E-state index in [0.29, 0.717) is 12.3 Å². The third-order valence-electron chi connectivity index (χ3n) is 4.70. The molecule has 1 fully saturated rings. The van der Waals surface area contributed by atoms with E-state index >= 15 is 0 Å². The number of hydrogen-bond acceptors (Lipinski definition) is 4. The molecule has 0 radical (unpaired) electrons. The molecule has 2 aromatic rings. The molecule has 1 aromatic heterocycles. The molecule has 1 atom stereocenters. The van der Waals surface area contributed by atoms with Crippen molar-refractivity contribution >= 4 is 5.91 Å². The van der Waals surface area contributed by atoms with Gasteiger partial charge < -0.3 is 15.0 Å². The molecule has 5 nitrogen and oxygen atoms in total. The number of nitrogens with one attached hydrogen (secondary N) is 1. The van der Waals surface area contributed by atoms with E-state index in [1.807, 2.05) is 23.1 Å². The number of aromatic nitrogens is 1. The fourth-order valence-corrected chi connectivity index (χ4v) is 3.35. The molecule has 1 aliphatic rings. The molecule has 1 amide bonds. The van der Waals surface area contributed by atoms with Gasteiger partial charge in [-0.15, -0.1) is 0 Å². The minimum Gasteiger partial charge on any atom is -0.496 e. The molecule has 0 spiro atoms. The maximum absolute atomic E-state index is 13.8. The van der Waals surface area contributed by atoms with Crippen LogP contribution in [0.3, 0.4) is 0 Å². The second-order valence-corrected chi connectivity index (χ2v) is 6.43. The van der Waals surface area contributed by atoms with Crippen LogP contribution in [0.1, 0.15) is 35.3 Å². The van der Waals surface area contributed by atoms with Crippen molar-refractivity contribution in [2.45, 2.75) is 31.8 Å². The minimum atomic E-state index is -0.450. The molecule has 3 rings (SSSR count). The maximum atomic E-state index is 13.8. The predicted molar refractivity (Wildman–Crippen MR) is 97.6 cm³/mol. The molecule has 1 aliphatic heterocycles. The number of benzene rings is 1. The average Bonchev–Trinajstić information content (AvgIpc) is 2.95.